The molecular weight excluding hydrogens is 375 g/mol. The second-order valence-electron chi connectivity index (χ2n) is 4.03. The lowest BCUT2D eigenvalue weighted by Crippen LogP contribution is -2.14. The summed E-state index contributed by atoms with van der Waals surface area (Å²) in [5.41, 5.74) is 8.19. The Bertz CT molecular complexity index is 577. The quantitative estimate of drug-likeness (QED) is 0.811. The van der Waals surface area contributed by atoms with Crippen molar-refractivity contribution in [3.63, 3.8) is 0 Å². The Balaban J connectivity index is 2.35. The first-order valence-electron chi connectivity index (χ1n) is 5.90. The van der Waals surface area contributed by atoms with Gasteiger partial charge in [-0.3, -0.25) is 4.98 Å². The van der Waals surface area contributed by atoms with Crippen molar-refractivity contribution in [2.45, 2.75) is 13.0 Å². The molecule has 1 aromatic heterocycles. The minimum Gasteiger partial charge on any atom is -0.492 e. The number of halogens is 2. The number of hydrogen-bond acceptors (Lipinski definition) is 3. The molecule has 2 rings (SSSR count). The predicted molar refractivity (Wildman–Crippen MR) is 85.6 cm³/mol. The van der Waals surface area contributed by atoms with Crippen LogP contribution in [0, 0.1) is 3.57 Å². The van der Waals surface area contributed by atoms with Gasteiger partial charge in [-0.05, 0) is 64.9 Å². The van der Waals surface area contributed by atoms with E-state index in [1.807, 2.05) is 31.2 Å². The van der Waals surface area contributed by atoms with Crippen LogP contribution in [0.1, 0.15) is 24.1 Å². The lowest BCUT2D eigenvalue weighted by Gasteiger charge is -2.15. The normalized spacial score (nSPS) is 12.2. The van der Waals surface area contributed by atoms with Gasteiger partial charge >= 0.3 is 0 Å². The minimum absolute atomic E-state index is 0.265. The molecule has 0 amide bonds. The molecule has 1 atom stereocenters. The van der Waals surface area contributed by atoms with E-state index in [-0.39, 0.29) is 6.04 Å². The van der Waals surface area contributed by atoms with Crippen molar-refractivity contribution in [2.24, 2.45) is 5.73 Å². The molecule has 0 fully saturated rings. The van der Waals surface area contributed by atoms with Gasteiger partial charge in [0, 0.05) is 14.8 Å². The van der Waals surface area contributed by atoms with Gasteiger partial charge in [0.2, 0.25) is 0 Å². The van der Waals surface area contributed by atoms with Gasteiger partial charge in [0.1, 0.15) is 5.75 Å². The van der Waals surface area contributed by atoms with Gasteiger partial charge in [0.25, 0.3) is 0 Å². The molecule has 0 saturated heterocycles. The van der Waals surface area contributed by atoms with Gasteiger partial charge in [-0.25, -0.2) is 0 Å². The topological polar surface area (TPSA) is 48.1 Å². The number of aromatic nitrogens is 1. The zero-order valence-electron chi connectivity index (χ0n) is 10.4. The summed E-state index contributed by atoms with van der Waals surface area (Å²) in [4.78, 5) is 4.16. The molecule has 0 spiro atoms. The van der Waals surface area contributed by atoms with Crippen LogP contribution in [0.4, 0.5) is 0 Å². The predicted octanol–water partition coefficient (Wildman–Crippen LogP) is 3.79. The fourth-order valence-corrected chi connectivity index (χ4v) is 2.64. The number of pyridine rings is 1. The largest absolute Gasteiger partial charge is 0.492 e. The molecule has 0 radical (unpaired) electrons. The summed E-state index contributed by atoms with van der Waals surface area (Å²) in [6.07, 6.45) is 3.44. The van der Waals surface area contributed by atoms with Crippen molar-refractivity contribution >= 4 is 34.2 Å². The Morgan fingerprint density at radius 1 is 1.37 bits per heavy atom. The average Bonchev–Trinajstić information content (AvgIpc) is 2.41. The Labute approximate surface area is 131 Å². The summed E-state index contributed by atoms with van der Waals surface area (Å²) in [6, 6.07) is 7.35. The van der Waals surface area contributed by atoms with E-state index in [2.05, 4.69) is 27.6 Å². The lowest BCUT2D eigenvalue weighted by molar-refractivity contribution is 0.338. The fraction of sp³-hybridized carbons (Fsp3) is 0.214. The Kier molecular flexibility index (Phi) is 5.01. The SMILES string of the molecule is CCOc1cncc(C(N)c2cc(Cl)ccc2I)c1. The molecule has 0 bridgehead atoms. The summed E-state index contributed by atoms with van der Waals surface area (Å²) < 4.78 is 6.52. The number of hydrogen-bond donors (Lipinski definition) is 1. The molecule has 1 heterocycles. The molecule has 0 aliphatic rings. The van der Waals surface area contributed by atoms with E-state index >= 15 is 0 Å². The van der Waals surface area contributed by atoms with E-state index in [1.165, 1.54) is 0 Å². The maximum Gasteiger partial charge on any atom is 0.137 e. The van der Waals surface area contributed by atoms with Crippen LogP contribution >= 0.6 is 34.2 Å². The van der Waals surface area contributed by atoms with Gasteiger partial charge in [-0.1, -0.05) is 11.6 Å². The third-order valence-corrected chi connectivity index (χ3v) is 3.92. The summed E-state index contributed by atoms with van der Waals surface area (Å²) >= 11 is 8.28. The molecule has 0 aliphatic heterocycles. The van der Waals surface area contributed by atoms with Crippen molar-refractivity contribution in [2.75, 3.05) is 6.61 Å². The molecule has 2 N–H and O–H groups in total. The minimum atomic E-state index is -0.265. The Morgan fingerprint density at radius 3 is 2.89 bits per heavy atom. The maximum absolute atomic E-state index is 6.29. The van der Waals surface area contributed by atoms with Crippen molar-refractivity contribution in [1.29, 1.82) is 0 Å². The second-order valence-corrected chi connectivity index (χ2v) is 5.63. The number of benzene rings is 1. The van der Waals surface area contributed by atoms with Crippen molar-refractivity contribution in [3.8, 4) is 5.75 Å². The lowest BCUT2D eigenvalue weighted by atomic mass is 10.0. The molecular formula is C14H14ClIN2O. The van der Waals surface area contributed by atoms with Gasteiger partial charge in [0.05, 0.1) is 18.8 Å². The molecule has 0 aliphatic carbocycles. The zero-order chi connectivity index (χ0) is 13.8. The fourth-order valence-electron chi connectivity index (χ4n) is 1.78. The van der Waals surface area contributed by atoms with Crippen LogP contribution in [-0.4, -0.2) is 11.6 Å². The first-order valence-corrected chi connectivity index (χ1v) is 7.35. The highest BCUT2D eigenvalue weighted by Crippen LogP contribution is 2.28. The smallest absolute Gasteiger partial charge is 0.137 e. The molecule has 2 aromatic rings. The van der Waals surface area contributed by atoms with Crippen LogP contribution in [0.25, 0.3) is 0 Å². The van der Waals surface area contributed by atoms with E-state index in [4.69, 9.17) is 22.1 Å². The van der Waals surface area contributed by atoms with E-state index in [0.29, 0.717) is 11.6 Å². The van der Waals surface area contributed by atoms with Crippen LogP contribution in [0.5, 0.6) is 5.75 Å². The molecule has 1 unspecified atom stereocenters. The monoisotopic (exact) mass is 388 g/mol. The van der Waals surface area contributed by atoms with E-state index in [1.54, 1.807) is 12.4 Å². The summed E-state index contributed by atoms with van der Waals surface area (Å²) in [6.45, 7) is 2.54. The number of nitrogens with zero attached hydrogens (tertiary/aromatic N) is 1. The molecule has 0 saturated carbocycles. The Hall–Kier alpha value is -0.850. The number of nitrogens with two attached hydrogens (primary N) is 1. The third-order valence-electron chi connectivity index (χ3n) is 2.70. The van der Waals surface area contributed by atoms with Crippen LogP contribution in [0.3, 0.4) is 0 Å². The van der Waals surface area contributed by atoms with Gasteiger partial charge in [0.15, 0.2) is 0 Å². The van der Waals surface area contributed by atoms with Gasteiger partial charge in [-0.2, -0.15) is 0 Å². The Morgan fingerprint density at radius 2 is 2.16 bits per heavy atom. The zero-order valence-corrected chi connectivity index (χ0v) is 13.4. The van der Waals surface area contributed by atoms with Gasteiger partial charge < -0.3 is 10.5 Å². The third kappa shape index (κ3) is 3.58. The highest BCUT2D eigenvalue weighted by molar-refractivity contribution is 14.1. The highest BCUT2D eigenvalue weighted by Gasteiger charge is 2.14. The molecule has 19 heavy (non-hydrogen) atoms. The average molecular weight is 389 g/mol. The number of ether oxygens (including phenoxy) is 1. The first kappa shape index (κ1) is 14.6. The molecule has 100 valence electrons. The summed E-state index contributed by atoms with van der Waals surface area (Å²) in [5, 5.41) is 0.680. The summed E-state index contributed by atoms with van der Waals surface area (Å²) in [7, 11) is 0. The maximum atomic E-state index is 6.29. The van der Waals surface area contributed by atoms with Crippen LogP contribution in [0.15, 0.2) is 36.7 Å². The molecule has 5 heteroatoms. The molecule has 3 nitrogen and oxygen atoms in total. The van der Waals surface area contributed by atoms with Crippen molar-refractivity contribution in [3.05, 3.63) is 56.4 Å². The van der Waals surface area contributed by atoms with Crippen molar-refractivity contribution < 1.29 is 4.74 Å². The number of rotatable bonds is 4. The van der Waals surface area contributed by atoms with Crippen molar-refractivity contribution in [1.82, 2.24) is 4.98 Å². The van der Waals surface area contributed by atoms with E-state index < -0.39 is 0 Å². The van der Waals surface area contributed by atoms with E-state index in [9.17, 15) is 0 Å². The van der Waals surface area contributed by atoms with Crippen LogP contribution in [0.2, 0.25) is 5.02 Å². The van der Waals surface area contributed by atoms with Gasteiger partial charge in [-0.15, -0.1) is 0 Å². The second kappa shape index (κ2) is 6.54. The summed E-state index contributed by atoms with van der Waals surface area (Å²) in [5.74, 6) is 0.729. The molecule has 1 aromatic carbocycles. The first-order chi connectivity index (χ1) is 9.11. The van der Waals surface area contributed by atoms with Crippen LogP contribution < -0.4 is 10.5 Å². The van der Waals surface area contributed by atoms with E-state index in [0.717, 1.165) is 20.4 Å². The standard InChI is InChI=1S/C14H14ClIN2O/c1-2-19-11-5-9(7-18-8-11)14(17)12-6-10(15)3-4-13(12)16/h3-8,14H,2,17H2,1H3. The highest BCUT2D eigenvalue weighted by atomic mass is 127. The van der Waals surface area contributed by atoms with Crippen LogP contribution in [-0.2, 0) is 0 Å².